The second-order valence-corrected chi connectivity index (χ2v) is 6.51. The van der Waals surface area contributed by atoms with Crippen molar-refractivity contribution in [2.24, 2.45) is 5.92 Å². The van der Waals surface area contributed by atoms with Crippen LogP contribution >= 0.6 is 0 Å². The van der Waals surface area contributed by atoms with Crippen LogP contribution in [0.1, 0.15) is 16.9 Å². The Hall–Kier alpha value is -1.70. The minimum Gasteiger partial charge on any atom is -0.350 e. The van der Waals surface area contributed by atoms with Crippen LogP contribution in [0.25, 0.3) is 0 Å². The average Bonchev–Trinajstić information content (AvgIpc) is 2.67. The van der Waals surface area contributed by atoms with E-state index in [0.717, 1.165) is 0 Å². The molecule has 1 saturated heterocycles. The molecule has 2 heterocycles. The van der Waals surface area contributed by atoms with Crippen molar-refractivity contribution in [3.05, 3.63) is 28.2 Å². The van der Waals surface area contributed by atoms with Crippen LogP contribution in [0.5, 0.6) is 0 Å². The summed E-state index contributed by atoms with van der Waals surface area (Å²) in [5.74, 6) is -0.159. The first-order chi connectivity index (χ1) is 8.46. The molecule has 0 aliphatic carbocycles. The zero-order valence-corrected chi connectivity index (χ0v) is 10.4. The standard InChI is InChI=1S/C10H13N3O4S/c14-9-2-1-8(12-13-9)10(15)11-5-7-3-4-18(16,17)6-7/h1-2,7H,3-6H2,(H,11,15)(H,13,14). The first-order valence-corrected chi connectivity index (χ1v) is 7.33. The summed E-state index contributed by atoms with van der Waals surface area (Å²) >= 11 is 0. The third-order valence-electron chi connectivity index (χ3n) is 2.79. The van der Waals surface area contributed by atoms with Gasteiger partial charge in [-0.1, -0.05) is 0 Å². The molecule has 98 valence electrons. The molecule has 0 spiro atoms. The highest BCUT2D eigenvalue weighted by Gasteiger charge is 2.28. The van der Waals surface area contributed by atoms with Crippen molar-refractivity contribution in [3.8, 4) is 0 Å². The minimum absolute atomic E-state index is 0.0401. The fourth-order valence-corrected chi connectivity index (χ4v) is 3.69. The van der Waals surface area contributed by atoms with Crippen LogP contribution in [0.2, 0.25) is 0 Å². The van der Waals surface area contributed by atoms with Gasteiger partial charge in [0.05, 0.1) is 11.5 Å². The van der Waals surface area contributed by atoms with Crippen molar-refractivity contribution in [2.75, 3.05) is 18.1 Å². The summed E-state index contributed by atoms with van der Waals surface area (Å²) in [5, 5.41) is 8.35. The summed E-state index contributed by atoms with van der Waals surface area (Å²) in [6.07, 6.45) is 0.571. The third-order valence-corrected chi connectivity index (χ3v) is 4.63. The second kappa shape index (κ2) is 4.89. The van der Waals surface area contributed by atoms with Gasteiger partial charge in [0.1, 0.15) is 5.69 Å². The number of carbonyl (C=O) groups excluding carboxylic acids is 1. The molecular formula is C10H13N3O4S. The van der Waals surface area contributed by atoms with Crippen LogP contribution in [0.4, 0.5) is 0 Å². The molecule has 0 saturated carbocycles. The van der Waals surface area contributed by atoms with Crippen LogP contribution in [0.3, 0.4) is 0 Å². The molecule has 8 heteroatoms. The molecule has 18 heavy (non-hydrogen) atoms. The number of aromatic amines is 1. The molecule has 1 atom stereocenters. The van der Waals surface area contributed by atoms with Crippen molar-refractivity contribution in [1.29, 1.82) is 0 Å². The first-order valence-electron chi connectivity index (χ1n) is 5.51. The Morgan fingerprint density at radius 3 is 2.83 bits per heavy atom. The van der Waals surface area contributed by atoms with E-state index in [0.29, 0.717) is 13.0 Å². The smallest absolute Gasteiger partial charge is 0.271 e. The Labute approximate surface area is 104 Å². The molecule has 2 N–H and O–H groups in total. The highest BCUT2D eigenvalue weighted by molar-refractivity contribution is 7.91. The monoisotopic (exact) mass is 271 g/mol. The van der Waals surface area contributed by atoms with Gasteiger partial charge in [-0.3, -0.25) is 9.59 Å². The Kier molecular flexibility index (Phi) is 3.46. The summed E-state index contributed by atoms with van der Waals surface area (Å²) in [5.41, 5.74) is -0.274. The fourth-order valence-electron chi connectivity index (χ4n) is 1.83. The summed E-state index contributed by atoms with van der Waals surface area (Å²) < 4.78 is 22.5. The lowest BCUT2D eigenvalue weighted by Crippen LogP contribution is -2.31. The Morgan fingerprint density at radius 1 is 1.50 bits per heavy atom. The number of hydrogen-bond donors (Lipinski definition) is 2. The predicted octanol–water partition coefficient (Wildman–Crippen LogP) is -1.07. The van der Waals surface area contributed by atoms with E-state index in [2.05, 4.69) is 15.5 Å². The van der Waals surface area contributed by atoms with Gasteiger partial charge in [-0.15, -0.1) is 0 Å². The highest BCUT2D eigenvalue weighted by Crippen LogP contribution is 2.17. The predicted molar refractivity (Wildman–Crippen MR) is 64.0 cm³/mol. The number of amides is 1. The Balaban J connectivity index is 1.89. The van der Waals surface area contributed by atoms with Crippen LogP contribution in [-0.4, -0.2) is 42.6 Å². The van der Waals surface area contributed by atoms with Crippen LogP contribution < -0.4 is 10.9 Å². The van der Waals surface area contributed by atoms with E-state index in [1.165, 1.54) is 12.1 Å². The van der Waals surface area contributed by atoms with Gasteiger partial charge < -0.3 is 5.32 Å². The van der Waals surface area contributed by atoms with E-state index < -0.39 is 15.7 Å². The average molecular weight is 271 g/mol. The third kappa shape index (κ3) is 3.16. The molecule has 0 bridgehead atoms. The first kappa shape index (κ1) is 12.7. The molecule has 2 rings (SSSR count). The zero-order chi connectivity index (χ0) is 13.2. The van der Waals surface area contributed by atoms with Crippen molar-refractivity contribution >= 4 is 15.7 Å². The van der Waals surface area contributed by atoms with Gasteiger partial charge in [-0.2, -0.15) is 5.10 Å². The fraction of sp³-hybridized carbons (Fsp3) is 0.500. The van der Waals surface area contributed by atoms with Crippen LogP contribution in [-0.2, 0) is 9.84 Å². The van der Waals surface area contributed by atoms with Crippen LogP contribution in [0, 0.1) is 5.92 Å². The maximum atomic E-state index is 11.6. The van der Waals surface area contributed by atoms with Gasteiger partial charge >= 0.3 is 0 Å². The normalized spacial score (nSPS) is 21.7. The molecule has 0 radical (unpaired) electrons. The maximum absolute atomic E-state index is 11.6. The number of nitrogens with zero attached hydrogens (tertiary/aromatic N) is 1. The van der Waals surface area contributed by atoms with Gasteiger partial charge in [-0.25, -0.2) is 13.5 Å². The van der Waals surface area contributed by atoms with Gasteiger partial charge in [0, 0.05) is 12.6 Å². The molecule has 1 aliphatic rings. The van der Waals surface area contributed by atoms with E-state index in [9.17, 15) is 18.0 Å². The number of nitrogens with one attached hydrogen (secondary N) is 2. The molecule has 1 amide bonds. The van der Waals surface area contributed by atoms with E-state index in [-0.39, 0.29) is 28.7 Å². The van der Waals surface area contributed by atoms with Gasteiger partial charge in [0.15, 0.2) is 9.84 Å². The number of hydrogen-bond acceptors (Lipinski definition) is 5. The van der Waals surface area contributed by atoms with E-state index in [1.54, 1.807) is 0 Å². The summed E-state index contributed by atoms with van der Waals surface area (Å²) in [7, 11) is -2.93. The highest BCUT2D eigenvalue weighted by atomic mass is 32.2. The van der Waals surface area contributed by atoms with Crippen LogP contribution in [0.15, 0.2) is 16.9 Å². The molecule has 7 nitrogen and oxygen atoms in total. The number of aromatic nitrogens is 2. The van der Waals surface area contributed by atoms with Gasteiger partial charge in [0.2, 0.25) is 0 Å². The summed E-state index contributed by atoms with van der Waals surface area (Å²) in [6.45, 7) is 0.304. The SMILES string of the molecule is O=C(NCC1CCS(=O)(=O)C1)c1ccc(=O)[nH]n1. The minimum atomic E-state index is -2.93. The Bertz CT molecular complexity index is 587. The van der Waals surface area contributed by atoms with Gasteiger partial charge in [0.25, 0.3) is 11.5 Å². The number of rotatable bonds is 3. The molecule has 1 aliphatic heterocycles. The van der Waals surface area contributed by atoms with Crippen molar-refractivity contribution < 1.29 is 13.2 Å². The number of carbonyl (C=O) groups is 1. The molecule has 1 aromatic heterocycles. The van der Waals surface area contributed by atoms with Crippen molar-refractivity contribution in [3.63, 3.8) is 0 Å². The number of H-pyrrole nitrogens is 1. The quantitative estimate of drug-likeness (QED) is 0.728. The second-order valence-electron chi connectivity index (χ2n) is 4.29. The topological polar surface area (TPSA) is 109 Å². The maximum Gasteiger partial charge on any atom is 0.271 e. The van der Waals surface area contributed by atoms with E-state index in [1.807, 2.05) is 0 Å². The summed E-state index contributed by atoms with van der Waals surface area (Å²) in [4.78, 5) is 22.4. The van der Waals surface area contributed by atoms with Crippen molar-refractivity contribution in [2.45, 2.75) is 6.42 Å². The molecule has 1 fully saturated rings. The van der Waals surface area contributed by atoms with E-state index in [4.69, 9.17) is 0 Å². The number of sulfone groups is 1. The Morgan fingerprint density at radius 2 is 2.28 bits per heavy atom. The van der Waals surface area contributed by atoms with Gasteiger partial charge in [-0.05, 0) is 18.4 Å². The molecular weight excluding hydrogens is 258 g/mol. The lowest BCUT2D eigenvalue weighted by atomic mass is 10.1. The lowest BCUT2D eigenvalue weighted by Gasteiger charge is -2.08. The summed E-state index contributed by atoms with van der Waals surface area (Å²) in [6, 6.07) is 2.53. The lowest BCUT2D eigenvalue weighted by molar-refractivity contribution is 0.0942. The molecule has 1 aromatic rings. The largest absolute Gasteiger partial charge is 0.350 e. The van der Waals surface area contributed by atoms with E-state index >= 15 is 0 Å². The molecule has 0 aromatic carbocycles. The zero-order valence-electron chi connectivity index (χ0n) is 9.55. The van der Waals surface area contributed by atoms with Crippen molar-refractivity contribution in [1.82, 2.24) is 15.5 Å². The molecule has 1 unspecified atom stereocenters.